The number of thioether (sulfide) groups is 1. The highest BCUT2D eigenvalue weighted by Gasteiger charge is 2.23. The van der Waals surface area contributed by atoms with Crippen LogP contribution >= 0.6 is 11.8 Å². The molecule has 0 bridgehead atoms. The minimum absolute atomic E-state index is 0.614. The summed E-state index contributed by atoms with van der Waals surface area (Å²) in [4.78, 5) is 3.52. The van der Waals surface area contributed by atoms with Crippen molar-refractivity contribution in [1.29, 1.82) is 0 Å². The number of ether oxygens (including phenoxy) is 1. The molecule has 0 heterocycles. The fourth-order valence-electron chi connectivity index (χ4n) is 3.13. The Hall–Kier alpha value is -1.95. The molecule has 0 amide bonds. The molecule has 0 radical (unpaired) electrons. The monoisotopic (exact) mass is 397 g/mol. The highest BCUT2D eigenvalue weighted by molar-refractivity contribution is 8.03. The van der Waals surface area contributed by atoms with Gasteiger partial charge in [-0.15, -0.1) is 0 Å². The van der Waals surface area contributed by atoms with Gasteiger partial charge >= 0.3 is 0 Å². The standard InChI is InChI=1S/C23H31N3OS/c1-18(28-23-6-3-2-5-22(23)25)27-21-11-9-19(10-12-21)13-16-26(15-4-14-24)17-20-7-8-20/h2-3,5-6,9-12,20H,1,4,7-8,13-17,24-25H2. The van der Waals surface area contributed by atoms with Crippen molar-refractivity contribution in [2.75, 3.05) is 31.9 Å². The summed E-state index contributed by atoms with van der Waals surface area (Å²) >= 11 is 1.44. The molecule has 3 rings (SSSR count). The number of hydrogen-bond donors (Lipinski definition) is 2. The molecule has 1 fully saturated rings. The Morgan fingerprint density at radius 1 is 1.11 bits per heavy atom. The van der Waals surface area contributed by atoms with Crippen molar-refractivity contribution in [3.05, 3.63) is 65.8 Å². The van der Waals surface area contributed by atoms with Gasteiger partial charge in [-0.05, 0) is 81.1 Å². The molecule has 4 N–H and O–H groups in total. The Morgan fingerprint density at radius 3 is 2.54 bits per heavy atom. The fraction of sp³-hybridized carbons (Fsp3) is 0.391. The summed E-state index contributed by atoms with van der Waals surface area (Å²) in [6.07, 6.45) is 4.91. The van der Waals surface area contributed by atoms with Crippen molar-refractivity contribution < 1.29 is 4.74 Å². The summed E-state index contributed by atoms with van der Waals surface area (Å²) in [5.41, 5.74) is 13.7. The first-order valence-corrected chi connectivity index (χ1v) is 10.9. The van der Waals surface area contributed by atoms with E-state index in [1.54, 1.807) is 0 Å². The zero-order valence-corrected chi connectivity index (χ0v) is 17.3. The summed E-state index contributed by atoms with van der Waals surface area (Å²) in [5, 5.41) is 0.614. The number of para-hydroxylation sites is 1. The number of anilines is 1. The first-order chi connectivity index (χ1) is 13.6. The molecule has 2 aromatic rings. The molecule has 5 heteroatoms. The van der Waals surface area contributed by atoms with Crippen LogP contribution in [0.2, 0.25) is 0 Å². The molecule has 1 saturated carbocycles. The molecule has 4 nitrogen and oxygen atoms in total. The summed E-state index contributed by atoms with van der Waals surface area (Å²) < 4.78 is 5.86. The van der Waals surface area contributed by atoms with E-state index in [1.165, 1.54) is 36.7 Å². The van der Waals surface area contributed by atoms with E-state index in [0.717, 1.165) is 54.7 Å². The smallest absolute Gasteiger partial charge is 0.158 e. The van der Waals surface area contributed by atoms with Crippen LogP contribution in [0.4, 0.5) is 5.69 Å². The highest BCUT2D eigenvalue weighted by atomic mass is 32.2. The molecule has 0 aliphatic heterocycles. The lowest BCUT2D eigenvalue weighted by atomic mass is 10.1. The molecule has 2 aromatic carbocycles. The van der Waals surface area contributed by atoms with Gasteiger partial charge in [0.25, 0.3) is 0 Å². The quantitative estimate of drug-likeness (QED) is 0.313. The third kappa shape index (κ3) is 6.89. The Kier molecular flexibility index (Phi) is 7.83. The van der Waals surface area contributed by atoms with Crippen LogP contribution in [0.1, 0.15) is 24.8 Å². The molecule has 0 unspecified atom stereocenters. The first-order valence-electron chi connectivity index (χ1n) is 10.0. The molecule has 0 aromatic heterocycles. The first kappa shape index (κ1) is 20.8. The van der Waals surface area contributed by atoms with Gasteiger partial charge in [-0.3, -0.25) is 0 Å². The second-order valence-electron chi connectivity index (χ2n) is 7.39. The van der Waals surface area contributed by atoms with Crippen LogP contribution < -0.4 is 16.2 Å². The summed E-state index contributed by atoms with van der Waals surface area (Å²) in [6.45, 7) is 8.18. The van der Waals surface area contributed by atoms with Gasteiger partial charge < -0.3 is 21.1 Å². The third-order valence-electron chi connectivity index (χ3n) is 4.91. The maximum atomic E-state index is 5.98. The predicted octanol–water partition coefficient (Wildman–Crippen LogP) is 4.51. The number of hydrogen-bond acceptors (Lipinski definition) is 5. The zero-order chi connectivity index (χ0) is 19.8. The van der Waals surface area contributed by atoms with E-state index in [2.05, 4.69) is 23.6 Å². The Bertz CT molecular complexity index is 759. The number of rotatable bonds is 12. The number of nitrogens with zero attached hydrogens (tertiary/aromatic N) is 1. The van der Waals surface area contributed by atoms with Crippen molar-refractivity contribution in [3.8, 4) is 5.75 Å². The van der Waals surface area contributed by atoms with E-state index >= 15 is 0 Å². The van der Waals surface area contributed by atoms with E-state index in [4.69, 9.17) is 16.2 Å². The van der Waals surface area contributed by atoms with Crippen molar-refractivity contribution in [2.45, 2.75) is 30.6 Å². The average Bonchev–Trinajstić information content (AvgIpc) is 3.51. The van der Waals surface area contributed by atoms with Gasteiger partial charge in [0.2, 0.25) is 0 Å². The summed E-state index contributed by atoms with van der Waals surface area (Å²) in [5.74, 6) is 1.71. The van der Waals surface area contributed by atoms with Gasteiger partial charge in [0.05, 0.1) is 0 Å². The summed E-state index contributed by atoms with van der Waals surface area (Å²) in [6, 6.07) is 16.0. The van der Waals surface area contributed by atoms with Crippen LogP contribution in [-0.2, 0) is 6.42 Å². The van der Waals surface area contributed by atoms with E-state index in [1.807, 2.05) is 36.4 Å². The van der Waals surface area contributed by atoms with Crippen molar-refractivity contribution in [3.63, 3.8) is 0 Å². The van der Waals surface area contributed by atoms with E-state index in [-0.39, 0.29) is 0 Å². The SMILES string of the molecule is C=C(Oc1ccc(CCN(CCCN)CC2CC2)cc1)Sc1ccccc1N. The lowest BCUT2D eigenvalue weighted by molar-refractivity contribution is 0.264. The Balaban J connectivity index is 1.47. The molecule has 0 atom stereocenters. The van der Waals surface area contributed by atoms with Crippen LogP contribution in [0.15, 0.2) is 65.1 Å². The average molecular weight is 398 g/mol. The second-order valence-corrected chi connectivity index (χ2v) is 8.49. The molecule has 0 spiro atoms. The summed E-state index contributed by atoms with van der Waals surface area (Å²) in [7, 11) is 0. The highest BCUT2D eigenvalue weighted by Crippen LogP contribution is 2.32. The van der Waals surface area contributed by atoms with Gasteiger partial charge in [-0.2, -0.15) is 0 Å². The van der Waals surface area contributed by atoms with Crippen molar-refractivity contribution in [1.82, 2.24) is 4.90 Å². The molecule has 150 valence electrons. The lowest BCUT2D eigenvalue weighted by Crippen LogP contribution is -2.30. The minimum Gasteiger partial charge on any atom is -0.451 e. The molecule has 28 heavy (non-hydrogen) atoms. The van der Waals surface area contributed by atoms with Crippen molar-refractivity contribution in [2.24, 2.45) is 11.7 Å². The largest absolute Gasteiger partial charge is 0.451 e. The zero-order valence-electron chi connectivity index (χ0n) is 16.5. The molecule has 1 aliphatic carbocycles. The van der Waals surface area contributed by atoms with Gasteiger partial charge in [0.1, 0.15) is 5.75 Å². The Labute approximate surface area is 172 Å². The van der Waals surface area contributed by atoms with Gasteiger partial charge in [-0.1, -0.05) is 36.0 Å². The predicted molar refractivity (Wildman–Crippen MR) is 119 cm³/mol. The fourth-order valence-corrected chi connectivity index (χ4v) is 3.85. The normalized spacial score (nSPS) is 13.6. The molecular formula is C23H31N3OS. The van der Waals surface area contributed by atoms with Gasteiger partial charge in [0, 0.05) is 23.7 Å². The molecular weight excluding hydrogens is 366 g/mol. The topological polar surface area (TPSA) is 64.5 Å². The lowest BCUT2D eigenvalue weighted by Gasteiger charge is -2.22. The molecule has 1 aliphatic rings. The van der Waals surface area contributed by atoms with Crippen LogP contribution in [0, 0.1) is 5.92 Å². The minimum atomic E-state index is 0.614. The van der Waals surface area contributed by atoms with Crippen LogP contribution in [-0.4, -0.2) is 31.1 Å². The maximum absolute atomic E-state index is 5.98. The Morgan fingerprint density at radius 2 is 1.86 bits per heavy atom. The number of nitrogens with two attached hydrogens (primary N) is 2. The van der Waals surface area contributed by atoms with Crippen molar-refractivity contribution >= 4 is 17.4 Å². The third-order valence-corrected chi connectivity index (χ3v) is 5.81. The van der Waals surface area contributed by atoms with E-state index in [0.29, 0.717) is 5.09 Å². The maximum Gasteiger partial charge on any atom is 0.158 e. The second kappa shape index (κ2) is 10.6. The van der Waals surface area contributed by atoms with Crippen LogP contribution in [0.25, 0.3) is 0 Å². The van der Waals surface area contributed by atoms with E-state index in [9.17, 15) is 0 Å². The van der Waals surface area contributed by atoms with Gasteiger partial charge in [-0.25, -0.2) is 0 Å². The van der Waals surface area contributed by atoms with E-state index < -0.39 is 0 Å². The van der Waals surface area contributed by atoms with Crippen LogP contribution in [0.3, 0.4) is 0 Å². The van der Waals surface area contributed by atoms with Crippen LogP contribution in [0.5, 0.6) is 5.75 Å². The van der Waals surface area contributed by atoms with Gasteiger partial charge in [0.15, 0.2) is 5.09 Å². The number of nitrogen functional groups attached to an aromatic ring is 1. The molecule has 0 saturated heterocycles. The number of benzene rings is 2.